The first-order valence-corrected chi connectivity index (χ1v) is 6.60. The minimum atomic E-state index is -0.0902. The monoisotopic (exact) mass is 281 g/mol. The van der Waals surface area contributed by atoms with Gasteiger partial charge in [0.25, 0.3) is 0 Å². The maximum Gasteiger partial charge on any atom is 0.228 e. The second-order valence-corrected chi connectivity index (χ2v) is 4.92. The second-order valence-electron chi connectivity index (χ2n) is 4.51. The van der Waals surface area contributed by atoms with Crippen molar-refractivity contribution in [3.05, 3.63) is 22.7 Å². The molecule has 0 aliphatic carbocycles. The van der Waals surface area contributed by atoms with Gasteiger partial charge in [-0.05, 0) is 37.1 Å². The van der Waals surface area contributed by atoms with Crippen molar-refractivity contribution in [2.75, 3.05) is 17.2 Å². The lowest BCUT2D eigenvalue weighted by Crippen LogP contribution is -2.12. The smallest absolute Gasteiger partial charge is 0.228 e. The molecule has 1 aliphatic heterocycles. The highest BCUT2D eigenvalue weighted by molar-refractivity contribution is 6.34. The third-order valence-corrected chi connectivity index (χ3v) is 3.26. The molecule has 0 fully saturated rings. The largest absolute Gasteiger partial charge is 0.330 e. The van der Waals surface area contributed by atoms with Gasteiger partial charge in [0.2, 0.25) is 11.8 Å². The summed E-state index contributed by atoms with van der Waals surface area (Å²) in [5.41, 5.74) is 7.50. The van der Waals surface area contributed by atoms with Crippen molar-refractivity contribution in [1.29, 1.82) is 0 Å². The summed E-state index contributed by atoms with van der Waals surface area (Å²) in [6, 6.07) is 3.41. The van der Waals surface area contributed by atoms with E-state index in [9.17, 15) is 9.59 Å². The quantitative estimate of drug-likeness (QED) is 0.721. The van der Waals surface area contributed by atoms with Crippen molar-refractivity contribution >= 4 is 34.8 Å². The Bertz CT molecular complexity index is 517. The topological polar surface area (TPSA) is 84.2 Å². The van der Waals surface area contributed by atoms with Crippen molar-refractivity contribution in [1.82, 2.24) is 0 Å². The standard InChI is InChI=1S/C13H16ClN3O2/c14-9-7-10-8(6-13(19)16-10)5-11(9)17-12(18)3-1-2-4-15/h5,7H,1-4,6,15H2,(H,16,19)(H,17,18). The zero-order chi connectivity index (χ0) is 13.8. The van der Waals surface area contributed by atoms with Crippen LogP contribution in [0.1, 0.15) is 24.8 Å². The van der Waals surface area contributed by atoms with Crippen LogP contribution in [0.4, 0.5) is 11.4 Å². The molecular formula is C13H16ClN3O2. The van der Waals surface area contributed by atoms with Gasteiger partial charge in [-0.3, -0.25) is 9.59 Å². The molecule has 5 nitrogen and oxygen atoms in total. The average molecular weight is 282 g/mol. The van der Waals surface area contributed by atoms with Crippen molar-refractivity contribution in [2.45, 2.75) is 25.7 Å². The van der Waals surface area contributed by atoms with Crippen molar-refractivity contribution in [3.63, 3.8) is 0 Å². The Morgan fingerprint density at radius 1 is 1.42 bits per heavy atom. The number of nitrogens with one attached hydrogen (secondary N) is 2. The molecule has 0 saturated heterocycles. The number of anilines is 2. The van der Waals surface area contributed by atoms with Crippen LogP contribution in [0.3, 0.4) is 0 Å². The molecule has 102 valence electrons. The van der Waals surface area contributed by atoms with Gasteiger partial charge >= 0.3 is 0 Å². The lowest BCUT2D eigenvalue weighted by Gasteiger charge is -2.09. The summed E-state index contributed by atoms with van der Waals surface area (Å²) in [4.78, 5) is 23.0. The van der Waals surface area contributed by atoms with Gasteiger partial charge < -0.3 is 16.4 Å². The minimum absolute atomic E-state index is 0.0579. The summed E-state index contributed by atoms with van der Waals surface area (Å²) < 4.78 is 0. The Kier molecular flexibility index (Phi) is 4.39. The summed E-state index contributed by atoms with van der Waals surface area (Å²) >= 11 is 6.08. The summed E-state index contributed by atoms with van der Waals surface area (Å²) in [5, 5.41) is 5.90. The first-order valence-electron chi connectivity index (χ1n) is 6.22. The van der Waals surface area contributed by atoms with E-state index in [1.165, 1.54) is 0 Å². The van der Waals surface area contributed by atoms with Crippen molar-refractivity contribution in [2.24, 2.45) is 5.73 Å². The summed E-state index contributed by atoms with van der Waals surface area (Å²) in [5.74, 6) is -0.148. The third-order valence-electron chi connectivity index (χ3n) is 2.95. The van der Waals surface area contributed by atoms with E-state index in [-0.39, 0.29) is 11.8 Å². The van der Waals surface area contributed by atoms with Crippen LogP contribution in [-0.2, 0) is 16.0 Å². The van der Waals surface area contributed by atoms with E-state index in [1.807, 2.05) is 0 Å². The number of hydrogen-bond acceptors (Lipinski definition) is 3. The highest BCUT2D eigenvalue weighted by atomic mass is 35.5. The van der Waals surface area contributed by atoms with Crippen LogP contribution in [-0.4, -0.2) is 18.4 Å². The van der Waals surface area contributed by atoms with E-state index in [1.54, 1.807) is 12.1 Å². The predicted molar refractivity (Wildman–Crippen MR) is 75.3 cm³/mol. The Labute approximate surface area is 116 Å². The summed E-state index contributed by atoms with van der Waals surface area (Å²) in [6.07, 6.45) is 2.32. The summed E-state index contributed by atoms with van der Waals surface area (Å²) in [6.45, 7) is 0.584. The number of fused-ring (bicyclic) bond motifs is 1. The molecule has 0 atom stereocenters. The number of halogens is 1. The van der Waals surface area contributed by atoms with E-state index < -0.39 is 0 Å². The lowest BCUT2D eigenvalue weighted by atomic mass is 10.1. The number of hydrogen-bond donors (Lipinski definition) is 3. The molecule has 6 heteroatoms. The molecule has 2 rings (SSSR count). The van der Waals surface area contributed by atoms with Gasteiger partial charge in [0.15, 0.2) is 0 Å². The highest BCUT2D eigenvalue weighted by Gasteiger charge is 2.20. The Morgan fingerprint density at radius 3 is 2.95 bits per heavy atom. The van der Waals surface area contributed by atoms with Gasteiger partial charge in [0.05, 0.1) is 17.1 Å². The van der Waals surface area contributed by atoms with E-state index >= 15 is 0 Å². The zero-order valence-corrected chi connectivity index (χ0v) is 11.2. The normalized spacial score (nSPS) is 13.1. The average Bonchev–Trinajstić information content (AvgIpc) is 2.69. The highest BCUT2D eigenvalue weighted by Crippen LogP contribution is 2.32. The molecule has 1 aromatic carbocycles. The first kappa shape index (κ1) is 13.8. The molecule has 1 aliphatic rings. The minimum Gasteiger partial charge on any atom is -0.330 e. The molecule has 0 aromatic heterocycles. The molecule has 0 spiro atoms. The van der Waals surface area contributed by atoms with Gasteiger partial charge in [0, 0.05) is 12.1 Å². The Morgan fingerprint density at radius 2 is 2.21 bits per heavy atom. The number of rotatable bonds is 5. The van der Waals surface area contributed by atoms with Crippen LogP contribution in [0.5, 0.6) is 0 Å². The Balaban J connectivity index is 2.03. The number of nitrogens with two attached hydrogens (primary N) is 1. The van der Waals surface area contributed by atoms with Crippen LogP contribution in [0.25, 0.3) is 0 Å². The molecule has 4 N–H and O–H groups in total. The van der Waals surface area contributed by atoms with Crippen LogP contribution in [0.2, 0.25) is 5.02 Å². The van der Waals surface area contributed by atoms with Crippen LogP contribution >= 0.6 is 11.6 Å². The molecule has 19 heavy (non-hydrogen) atoms. The maximum atomic E-state index is 11.7. The van der Waals surface area contributed by atoms with Gasteiger partial charge in [-0.25, -0.2) is 0 Å². The van der Waals surface area contributed by atoms with Crippen molar-refractivity contribution in [3.8, 4) is 0 Å². The first-order chi connectivity index (χ1) is 9.10. The number of benzene rings is 1. The van der Waals surface area contributed by atoms with Gasteiger partial charge in [-0.15, -0.1) is 0 Å². The predicted octanol–water partition coefficient (Wildman–Crippen LogP) is 1.90. The van der Waals surface area contributed by atoms with E-state index in [2.05, 4.69) is 10.6 Å². The fourth-order valence-corrected chi connectivity index (χ4v) is 2.20. The number of carbonyl (C=O) groups is 2. The molecule has 0 saturated carbocycles. The van der Waals surface area contributed by atoms with Crippen LogP contribution in [0.15, 0.2) is 12.1 Å². The van der Waals surface area contributed by atoms with Gasteiger partial charge in [-0.1, -0.05) is 11.6 Å². The van der Waals surface area contributed by atoms with E-state index in [0.29, 0.717) is 30.1 Å². The molecule has 0 bridgehead atoms. The van der Waals surface area contributed by atoms with Gasteiger partial charge in [0.1, 0.15) is 0 Å². The molecule has 0 radical (unpaired) electrons. The Hall–Kier alpha value is -1.59. The fraction of sp³-hybridized carbons (Fsp3) is 0.385. The second kappa shape index (κ2) is 6.04. The fourth-order valence-electron chi connectivity index (χ4n) is 1.99. The molecule has 1 aromatic rings. The van der Waals surface area contributed by atoms with Crippen LogP contribution in [0, 0.1) is 0 Å². The molecule has 2 amide bonds. The van der Waals surface area contributed by atoms with E-state index in [4.69, 9.17) is 17.3 Å². The number of unbranched alkanes of at least 4 members (excludes halogenated alkanes) is 1. The molecule has 0 unspecified atom stereocenters. The van der Waals surface area contributed by atoms with Crippen LogP contribution < -0.4 is 16.4 Å². The number of carbonyl (C=O) groups excluding carboxylic acids is 2. The lowest BCUT2D eigenvalue weighted by molar-refractivity contribution is -0.116. The molecular weight excluding hydrogens is 266 g/mol. The van der Waals surface area contributed by atoms with Crippen molar-refractivity contribution < 1.29 is 9.59 Å². The summed E-state index contributed by atoms with van der Waals surface area (Å²) in [7, 11) is 0. The molecule has 1 heterocycles. The SMILES string of the molecule is NCCCCC(=O)Nc1cc2c(cc1Cl)NC(=O)C2. The maximum absolute atomic E-state index is 11.7. The van der Waals surface area contributed by atoms with Gasteiger partial charge in [-0.2, -0.15) is 0 Å². The zero-order valence-electron chi connectivity index (χ0n) is 10.5. The third kappa shape index (κ3) is 3.45. The number of amides is 2. The van der Waals surface area contributed by atoms with E-state index in [0.717, 1.165) is 24.1 Å².